The molecule has 89 heavy (non-hydrogen) atoms. The average molecular weight is 1290 g/mol. The first kappa shape index (κ1) is 71.9. The molecule has 5 heterocycles. The maximum Gasteiger partial charge on any atom is 0.187 e. The highest BCUT2D eigenvalue weighted by Crippen LogP contribution is 2.75. The first-order valence-electron chi connectivity index (χ1n) is 31.6. The SMILES string of the molecule is C[C@H](CC[C@@H](O[C@@H]1O[C@H](CO[C@H]2O[C@H](CO)[C@@H](O)[C@H](O)[C@H]2O)[C@@H](O)[C@H](O)[C@H]1O[C@@H]1O[C@H](CO)[C@@H](O[C@H]2O[C@H](CO)[C@@H](O)[C@H](O)[C@H]2O)[C@H](O)[C@H]1O)C(C)(C)O)C1CC[C@@]2(C)C3CC=C4C(CC[C@H](O[C@@H]5O[C@H](CO)[C@@H](O)[C@H](O)[C@H]5O)C4(C)C)[C@]3(C)[C@H](O)C[C@]12C. The Labute approximate surface area is 517 Å². The van der Waals surface area contributed by atoms with Crippen LogP contribution in [0.15, 0.2) is 11.6 Å². The third-order valence-electron chi connectivity index (χ3n) is 22.9. The van der Waals surface area contributed by atoms with Crippen LogP contribution in [0.1, 0.15) is 107 Å². The van der Waals surface area contributed by atoms with Crippen LogP contribution < -0.4 is 0 Å². The first-order chi connectivity index (χ1) is 41.7. The number of rotatable bonds is 20. The number of hydrogen-bond acceptors (Lipinski definition) is 29. The normalized spacial score (nSPS) is 51.8. The molecule has 3 saturated carbocycles. The van der Waals surface area contributed by atoms with E-state index in [0.717, 1.165) is 18.4 Å². The fraction of sp³-hybridized carbons (Fsp3) is 0.967. The Morgan fingerprint density at radius 1 is 0.517 bits per heavy atom. The van der Waals surface area contributed by atoms with Crippen molar-refractivity contribution >= 4 is 0 Å². The predicted molar refractivity (Wildman–Crippen MR) is 300 cm³/mol. The van der Waals surface area contributed by atoms with Crippen molar-refractivity contribution in [1.82, 2.24) is 0 Å². The Balaban J connectivity index is 0.920. The minimum atomic E-state index is -2.12. The van der Waals surface area contributed by atoms with Crippen molar-refractivity contribution in [2.24, 2.45) is 45.3 Å². The molecule has 0 bridgehead atoms. The number of aliphatic hydroxyl groups excluding tert-OH is 18. The number of ether oxygens (including phenoxy) is 10. The van der Waals surface area contributed by atoms with Crippen molar-refractivity contribution in [3.63, 3.8) is 0 Å². The van der Waals surface area contributed by atoms with E-state index in [-0.39, 0.29) is 40.9 Å². The second kappa shape index (κ2) is 27.6. The molecule has 0 amide bonds. The van der Waals surface area contributed by atoms with Gasteiger partial charge in [0.1, 0.15) is 122 Å². The highest BCUT2D eigenvalue weighted by atomic mass is 16.8. The Morgan fingerprint density at radius 2 is 0.978 bits per heavy atom. The molecule has 3 unspecified atom stereocenters. The van der Waals surface area contributed by atoms with Crippen LogP contribution in [0, 0.1) is 45.3 Å². The van der Waals surface area contributed by atoms with Gasteiger partial charge in [-0.15, -0.1) is 0 Å². The molecule has 9 rings (SSSR count). The van der Waals surface area contributed by atoms with Crippen molar-refractivity contribution in [2.45, 2.75) is 284 Å². The maximum atomic E-state index is 12.8. The van der Waals surface area contributed by atoms with Gasteiger partial charge in [-0.2, -0.15) is 0 Å². The maximum absolute atomic E-state index is 12.8. The van der Waals surface area contributed by atoms with Crippen molar-refractivity contribution < 1.29 is 144 Å². The molecule has 0 radical (unpaired) electrons. The van der Waals surface area contributed by atoms with E-state index in [9.17, 15) is 97.0 Å². The molecule has 0 spiro atoms. The molecule has 5 aliphatic heterocycles. The molecule has 0 aromatic rings. The Kier molecular flexibility index (Phi) is 22.3. The number of hydrogen-bond donors (Lipinski definition) is 19. The summed E-state index contributed by atoms with van der Waals surface area (Å²) in [5.41, 5.74) is -2.34. The molecule has 0 aromatic heterocycles. The zero-order valence-electron chi connectivity index (χ0n) is 51.8. The van der Waals surface area contributed by atoms with E-state index in [1.165, 1.54) is 13.8 Å². The van der Waals surface area contributed by atoms with E-state index in [0.29, 0.717) is 32.1 Å². The second-order valence-corrected chi connectivity index (χ2v) is 28.7. The summed E-state index contributed by atoms with van der Waals surface area (Å²) in [6.07, 6.45) is -38.6. The largest absolute Gasteiger partial charge is 0.394 e. The van der Waals surface area contributed by atoms with Gasteiger partial charge in [0.2, 0.25) is 0 Å². The van der Waals surface area contributed by atoms with Gasteiger partial charge in [0.05, 0.1) is 56.9 Å². The second-order valence-electron chi connectivity index (χ2n) is 28.7. The lowest BCUT2D eigenvalue weighted by molar-refractivity contribution is -0.391. The quantitative estimate of drug-likeness (QED) is 0.0506. The smallest absolute Gasteiger partial charge is 0.187 e. The lowest BCUT2D eigenvalue weighted by Gasteiger charge is -2.67. The van der Waals surface area contributed by atoms with Crippen LogP contribution in [-0.4, -0.2) is 308 Å². The summed E-state index contributed by atoms with van der Waals surface area (Å²) < 4.78 is 59.5. The molecular formula is C60H102O29. The van der Waals surface area contributed by atoms with E-state index >= 15 is 0 Å². The molecule has 516 valence electrons. The standard InChI is InChI=1S/C60H102O29/c1-23(24-15-16-58(6)32-12-10-25-26(60(32,8)33(65)17-59(24,58)7)11-14-34(56(25,2)3)86-52-46(76)41(71)37(67)28(19-62)82-52)9-13-35(57(4,5)79)87-55-50(43(73)39(69)31(85-55)22-80-51-45(75)40(70)36(66)27(18-61)81-51)89-54-48(78)44(74)49(30(21-64)84-54)88-53-47(77)42(72)38(68)29(20-63)83-53/h10,23-24,26-55,61-79H,9,11-22H2,1-8H3/t23-,24?,26?,27-,28-,29-,30-,31-,32?,33-,34+,35-,36-,37-,38-,39-,40+,41+,42+,43+,44-,45-,46-,47-,48-,49-,50-,51+,52+,53-,54+,55+,58+,59-,60+/m1/s1. The van der Waals surface area contributed by atoms with E-state index in [4.69, 9.17) is 47.4 Å². The molecule has 9 aliphatic rings. The summed E-state index contributed by atoms with van der Waals surface area (Å²) in [7, 11) is 0. The Bertz CT molecular complexity index is 2340. The highest BCUT2D eigenvalue weighted by Gasteiger charge is 2.70. The van der Waals surface area contributed by atoms with Gasteiger partial charge in [0.15, 0.2) is 31.5 Å². The van der Waals surface area contributed by atoms with Crippen LogP contribution in [-0.2, 0) is 47.4 Å². The van der Waals surface area contributed by atoms with Gasteiger partial charge in [-0.25, -0.2) is 0 Å². The summed E-state index contributed by atoms with van der Waals surface area (Å²) in [6, 6.07) is 0. The summed E-state index contributed by atoms with van der Waals surface area (Å²) in [5, 5.41) is 206. The van der Waals surface area contributed by atoms with Gasteiger partial charge >= 0.3 is 0 Å². The minimum Gasteiger partial charge on any atom is -0.394 e. The molecule has 4 aliphatic carbocycles. The molecule has 5 saturated heterocycles. The number of allylic oxidation sites excluding steroid dienone is 1. The van der Waals surface area contributed by atoms with Gasteiger partial charge in [-0.1, -0.05) is 53.2 Å². The molecule has 8 fully saturated rings. The lowest BCUT2D eigenvalue weighted by Crippen LogP contribution is -2.67. The van der Waals surface area contributed by atoms with E-state index in [2.05, 4.69) is 47.6 Å². The van der Waals surface area contributed by atoms with Crippen molar-refractivity contribution in [3.8, 4) is 0 Å². The van der Waals surface area contributed by atoms with E-state index < -0.39 is 221 Å². The molecule has 19 N–H and O–H groups in total. The van der Waals surface area contributed by atoms with Crippen LogP contribution in [0.3, 0.4) is 0 Å². The monoisotopic (exact) mass is 1290 g/mol. The summed E-state index contributed by atoms with van der Waals surface area (Å²) in [6.45, 7) is 12.2. The van der Waals surface area contributed by atoms with Crippen molar-refractivity contribution in [1.29, 1.82) is 0 Å². The zero-order valence-corrected chi connectivity index (χ0v) is 51.8. The zero-order chi connectivity index (χ0) is 65.5. The van der Waals surface area contributed by atoms with Crippen LogP contribution in [0.4, 0.5) is 0 Å². The van der Waals surface area contributed by atoms with E-state index in [1.807, 2.05) is 0 Å². The van der Waals surface area contributed by atoms with E-state index in [1.54, 1.807) is 0 Å². The average Bonchev–Trinajstić information content (AvgIpc) is 1.66. The number of aliphatic hydroxyl groups is 19. The fourth-order valence-electron chi connectivity index (χ4n) is 17.1. The summed E-state index contributed by atoms with van der Waals surface area (Å²) >= 11 is 0. The number of fused-ring (bicyclic) bond motifs is 5. The van der Waals surface area contributed by atoms with Gasteiger partial charge < -0.3 is 144 Å². The minimum absolute atomic E-state index is 0.0260. The van der Waals surface area contributed by atoms with Gasteiger partial charge in [-0.05, 0) is 99.7 Å². The van der Waals surface area contributed by atoms with Crippen molar-refractivity contribution in [3.05, 3.63) is 11.6 Å². The van der Waals surface area contributed by atoms with Crippen LogP contribution >= 0.6 is 0 Å². The van der Waals surface area contributed by atoms with Gasteiger partial charge in [0, 0.05) is 10.8 Å². The molecular weight excluding hydrogens is 1180 g/mol. The van der Waals surface area contributed by atoms with Crippen LogP contribution in [0.2, 0.25) is 0 Å². The topological polar surface area (TPSA) is 477 Å². The predicted octanol–water partition coefficient (Wildman–Crippen LogP) is -5.41. The summed E-state index contributed by atoms with van der Waals surface area (Å²) in [5.74, 6) is 0.0393. The Hall–Kier alpha value is -1.42. The summed E-state index contributed by atoms with van der Waals surface area (Å²) in [4.78, 5) is 0. The lowest BCUT2D eigenvalue weighted by atomic mass is 9.38. The third kappa shape index (κ3) is 13.0. The third-order valence-corrected chi connectivity index (χ3v) is 22.9. The fourth-order valence-corrected chi connectivity index (χ4v) is 17.1. The first-order valence-corrected chi connectivity index (χ1v) is 31.6. The Morgan fingerprint density at radius 3 is 1.52 bits per heavy atom. The molecule has 29 heteroatoms. The highest BCUT2D eigenvalue weighted by molar-refractivity contribution is 5.32. The van der Waals surface area contributed by atoms with Crippen molar-refractivity contribution in [2.75, 3.05) is 33.0 Å². The van der Waals surface area contributed by atoms with Gasteiger partial charge in [-0.3, -0.25) is 0 Å². The van der Waals surface area contributed by atoms with Crippen LogP contribution in [0.25, 0.3) is 0 Å². The molecule has 35 atom stereocenters. The van der Waals surface area contributed by atoms with Gasteiger partial charge in [0.25, 0.3) is 0 Å². The van der Waals surface area contributed by atoms with Crippen LogP contribution in [0.5, 0.6) is 0 Å². The molecule has 29 nitrogen and oxygen atoms in total. The molecule has 0 aromatic carbocycles.